The first kappa shape index (κ1) is 11.5. The van der Waals surface area contributed by atoms with Gasteiger partial charge in [-0.2, -0.15) is 0 Å². The summed E-state index contributed by atoms with van der Waals surface area (Å²) in [5, 5.41) is 0. The van der Waals surface area contributed by atoms with Crippen LogP contribution in [0.2, 0.25) is 0 Å². The van der Waals surface area contributed by atoms with E-state index in [1.54, 1.807) is 13.2 Å². The molecule has 4 heteroatoms. The van der Waals surface area contributed by atoms with Gasteiger partial charge in [0.15, 0.2) is 0 Å². The summed E-state index contributed by atoms with van der Waals surface area (Å²) in [6.45, 7) is 5.58. The van der Waals surface area contributed by atoms with Crippen LogP contribution in [-0.2, 0) is 14.3 Å². The molecule has 2 rings (SSSR count). The number of hydrogen-bond donors (Lipinski definition) is 0. The second-order valence-electron chi connectivity index (χ2n) is 4.90. The Labute approximate surface area is 96.2 Å². The second kappa shape index (κ2) is 4.09. The number of carbonyl (C=O) groups is 1. The highest BCUT2D eigenvalue weighted by Crippen LogP contribution is 2.32. The fourth-order valence-corrected chi connectivity index (χ4v) is 2.50. The fourth-order valence-electron chi connectivity index (χ4n) is 2.50. The summed E-state index contributed by atoms with van der Waals surface area (Å²) in [5.41, 5.74) is 0.806. The van der Waals surface area contributed by atoms with Gasteiger partial charge in [-0.1, -0.05) is 0 Å². The maximum absolute atomic E-state index is 11.1. The van der Waals surface area contributed by atoms with Gasteiger partial charge in [0.2, 0.25) is 0 Å². The molecule has 0 bridgehead atoms. The topological polar surface area (TPSA) is 38.8 Å². The molecule has 0 spiro atoms. The van der Waals surface area contributed by atoms with E-state index in [-0.39, 0.29) is 11.6 Å². The number of hydrogen-bond acceptors (Lipinski definition) is 4. The van der Waals surface area contributed by atoms with Crippen molar-refractivity contribution >= 4 is 5.97 Å². The predicted octanol–water partition coefficient (Wildman–Crippen LogP) is 1.32. The van der Waals surface area contributed by atoms with Gasteiger partial charge in [0.1, 0.15) is 6.61 Å². The van der Waals surface area contributed by atoms with Gasteiger partial charge in [-0.05, 0) is 26.7 Å². The van der Waals surface area contributed by atoms with Crippen molar-refractivity contribution < 1.29 is 14.3 Å². The van der Waals surface area contributed by atoms with E-state index < -0.39 is 0 Å². The molecule has 0 aromatic heterocycles. The third kappa shape index (κ3) is 1.94. The summed E-state index contributed by atoms with van der Waals surface area (Å²) in [6.07, 6.45) is 3.85. The van der Waals surface area contributed by atoms with Crippen molar-refractivity contribution in [2.24, 2.45) is 0 Å². The fraction of sp³-hybridized carbons (Fsp3) is 0.750. The van der Waals surface area contributed by atoms with Crippen molar-refractivity contribution in [3.8, 4) is 0 Å². The minimum atomic E-state index is -0.226. The minimum absolute atomic E-state index is 0.191. The molecule has 0 radical (unpaired) electrons. The molecule has 0 saturated carbocycles. The molecular weight excluding hydrogens is 206 g/mol. The number of nitrogens with zero attached hydrogens (tertiary/aromatic N) is 1. The van der Waals surface area contributed by atoms with E-state index in [1.807, 2.05) is 0 Å². The molecule has 2 heterocycles. The Morgan fingerprint density at radius 2 is 2.31 bits per heavy atom. The maximum Gasteiger partial charge on any atom is 0.333 e. The lowest BCUT2D eigenvalue weighted by Gasteiger charge is -2.38. The lowest BCUT2D eigenvalue weighted by atomic mass is 9.96. The van der Waals surface area contributed by atoms with Crippen molar-refractivity contribution in [3.05, 3.63) is 11.8 Å². The summed E-state index contributed by atoms with van der Waals surface area (Å²) in [6, 6.07) is 0.332. The lowest BCUT2D eigenvalue weighted by molar-refractivity contribution is -0.135. The van der Waals surface area contributed by atoms with Crippen molar-refractivity contribution in [2.75, 3.05) is 20.3 Å². The van der Waals surface area contributed by atoms with Gasteiger partial charge in [0, 0.05) is 19.7 Å². The highest BCUT2D eigenvalue weighted by molar-refractivity contribution is 5.85. The van der Waals surface area contributed by atoms with Crippen molar-refractivity contribution in [1.82, 2.24) is 4.90 Å². The van der Waals surface area contributed by atoms with Gasteiger partial charge < -0.3 is 14.4 Å². The van der Waals surface area contributed by atoms with Gasteiger partial charge >= 0.3 is 5.97 Å². The number of carbonyl (C=O) groups excluding carboxylic acids is 1. The molecule has 0 unspecified atom stereocenters. The van der Waals surface area contributed by atoms with Gasteiger partial charge in [0.25, 0.3) is 0 Å². The zero-order valence-corrected chi connectivity index (χ0v) is 10.2. The monoisotopic (exact) mass is 225 g/mol. The number of esters is 1. The number of methoxy groups -OCH3 is 1. The number of cyclic esters (lactones) is 1. The summed E-state index contributed by atoms with van der Waals surface area (Å²) < 4.78 is 10.5. The number of likely N-dealkylation sites (tertiary alicyclic amines) is 1. The largest absolute Gasteiger partial charge is 0.456 e. The maximum atomic E-state index is 11.1. The molecule has 90 valence electrons. The Kier molecular flexibility index (Phi) is 2.93. The van der Waals surface area contributed by atoms with Crippen LogP contribution in [0.5, 0.6) is 0 Å². The van der Waals surface area contributed by atoms with Crippen molar-refractivity contribution in [2.45, 2.75) is 38.3 Å². The minimum Gasteiger partial charge on any atom is -0.456 e. The first-order valence-corrected chi connectivity index (χ1v) is 5.74. The molecule has 2 aliphatic rings. The Bertz CT molecular complexity index is 322. The molecule has 0 amide bonds. The Hall–Kier alpha value is -1.03. The highest BCUT2D eigenvalue weighted by atomic mass is 16.5. The summed E-state index contributed by atoms with van der Waals surface area (Å²) >= 11 is 0. The van der Waals surface area contributed by atoms with Crippen LogP contribution in [0.25, 0.3) is 0 Å². The molecule has 1 fully saturated rings. The molecule has 0 aliphatic carbocycles. The zero-order chi connectivity index (χ0) is 11.8. The van der Waals surface area contributed by atoms with E-state index in [1.165, 1.54) is 0 Å². The Balaban J connectivity index is 2.15. The molecule has 0 aromatic carbocycles. The van der Waals surface area contributed by atoms with E-state index >= 15 is 0 Å². The summed E-state index contributed by atoms with van der Waals surface area (Å²) in [5.74, 6) is -0.226. The quantitative estimate of drug-likeness (QED) is 0.679. The third-order valence-corrected chi connectivity index (χ3v) is 3.60. The lowest BCUT2D eigenvalue weighted by Crippen LogP contribution is -2.46. The normalized spacial score (nSPS) is 25.9. The molecule has 0 aromatic rings. The predicted molar refractivity (Wildman–Crippen MR) is 59.9 cm³/mol. The van der Waals surface area contributed by atoms with E-state index in [9.17, 15) is 4.79 Å². The second-order valence-corrected chi connectivity index (χ2v) is 4.90. The molecule has 0 N–H and O–H groups in total. The van der Waals surface area contributed by atoms with Gasteiger partial charge in [-0.3, -0.25) is 0 Å². The van der Waals surface area contributed by atoms with Crippen LogP contribution in [0.1, 0.15) is 26.7 Å². The third-order valence-electron chi connectivity index (χ3n) is 3.60. The summed E-state index contributed by atoms with van der Waals surface area (Å²) in [7, 11) is 1.74. The van der Waals surface area contributed by atoms with Crippen LogP contribution >= 0.6 is 0 Å². The Morgan fingerprint density at radius 1 is 1.56 bits per heavy atom. The van der Waals surface area contributed by atoms with Crippen LogP contribution in [0.3, 0.4) is 0 Å². The van der Waals surface area contributed by atoms with Crippen LogP contribution in [0.4, 0.5) is 0 Å². The van der Waals surface area contributed by atoms with Crippen molar-refractivity contribution in [1.29, 1.82) is 0 Å². The molecule has 1 atom stereocenters. The van der Waals surface area contributed by atoms with E-state index in [2.05, 4.69) is 18.7 Å². The molecule has 1 saturated heterocycles. The van der Waals surface area contributed by atoms with Crippen LogP contribution in [0.15, 0.2) is 11.8 Å². The number of rotatable bonds is 3. The first-order valence-electron chi connectivity index (χ1n) is 5.74. The van der Waals surface area contributed by atoms with Gasteiger partial charge in [-0.25, -0.2) is 4.79 Å². The Morgan fingerprint density at radius 3 is 2.88 bits per heavy atom. The van der Waals surface area contributed by atoms with Gasteiger partial charge in [-0.15, -0.1) is 0 Å². The highest BCUT2D eigenvalue weighted by Gasteiger charge is 2.39. The van der Waals surface area contributed by atoms with E-state index in [0.717, 1.165) is 25.1 Å². The smallest absolute Gasteiger partial charge is 0.333 e. The SMILES string of the molecule is COC(C)(C)[C@@H]1CCCN1C1=CC(=O)OC1. The summed E-state index contributed by atoms with van der Waals surface area (Å²) in [4.78, 5) is 13.3. The molecule has 16 heavy (non-hydrogen) atoms. The molecule has 4 nitrogen and oxygen atoms in total. The van der Waals surface area contributed by atoms with Crippen molar-refractivity contribution in [3.63, 3.8) is 0 Å². The van der Waals surface area contributed by atoms with Gasteiger partial charge in [0.05, 0.1) is 17.3 Å². The van der Waals surface area contributed by atoms with E-state index in [4.69, 9.17) is 9.47 Å². The average molecular weight is 225 g/mol. The molecular formula is C12H19NO3. The zero-order valence-electron chi connectivity index (χ0n) is 10.2. The number of ether oxygens (including phenoxy) is 2. The molecule has 2 aliphatic heterocycles. The van der Waals surface area contributed by atoms with Crippen LogP contribution in [0, 0.1) is 0 Å². The first-order chi connectivity index (χ1) is 7.54. The standard InChI is InChI=1S/C12H19NO3/c1-12(2,15-3)10-5-4-6-13(10)9-7-11(14)16-8-9/h7,10H,4-6,8H2,1-3H3/t10-/m0/s1. The average Bonchev–Trinajstić information content (AvgIpc) is 2.85. The van der Waals surface area contributed by atoms with Crippen LogP contribution < -0.4 is 0 Å². The van der Waals surface area contributed by atoms with Crippen LogP contribution in [-0.4, -0.2) is 42.8 Å². The van der Waals surface area contributed by atoms with E-state index in [0.29, 0.717) is 12.6 Å².